The fraction of sp³-hybridized carbons (Fsp3) is 0.400. The maximum absolute atomic E-state index is 13.6. The smallest absolute Gasteiger partial charge is 0.244 e. The molecule has 36 heavy (non-hydrogen) atoms. The summed E-state index contributed by atoms with van der Waals surface area (Å²) in [5, 5.41) is 3.47. The number of hydrogen-bond donors (Lipinski definition) is 1. The van der Waals surface area contributed by atoms with E-state index in [0.29, 0.717) is 27.6 Å². The van der Waals surface area contributed by atoms with Crippen LogP contribution in [0, 0.1) is 0 Å². The molecule has 196 valence electrons. The minimum absolute atomic E-state index is 0.114. The van der Waals surface area contributed by atoms with Crippen LogP contribution in [0.2, 0.25) is 10.0 Å². The van der Waals surface area contributed by atoms with E-state index >= 15 is 0 Å². The van der Waals surface area contributed by atoms with Crippen LogP contribution in [0.1, 0.15) is 50.0 Å². The second-order valence-corrected chi connectivity index (χ2v) is 11.3. The Morgan fingerprint density at radius 1 is 1.03 bits per heavy atom. The number of rotatable bonds is 11. The Bertz CT molecular complexity index is 1220. The molecule has 2 atom stereocenters. The van der Waals surface area contributed by atoms with E-state index in [9.17, 15) is 22.8 Å². The first-order chi connectivity index (χ1) is 16.8. The van der Waals surface area contributed by atoms with Crippen molar-refractivity contribution in [3.8, 4) is 0 Å². The van der Waals surface area contributed by atoms with Crippen molar-refractivity contribution in [1.82, 2.24) is 10.2 Å². The van der Waals surface area contributed by atoms with Gasteiger partial charge < -0.3 is 10.2 Å². The van der Waals surface area contributed by atoms with Crippen LogP contribution >= 0.6 is 23.2 Å². The molecule has 0 fully saturated rings. The first-order valence-electron chi connectivity index (χ1n) is 11.4. The molecule has 2 amide bonds. The number of Topliss-reactive ketones (excluding diaryl/α,β-unsaturated/α-hetero) is 1. The van der Waals surface area contributed by atoms with Gasteiger partial charge in [-0.05, 0) is 51.5 Å². The van der Waals surface area contributed by atoms with E-state index in [1.807, 2.05) is 13.8 Å². The highest BCUT2D eigenvalue weighted by molar-refractivity contribution is 7.92. The molecule has 0 bridgehead atoms. The lowest BCUT2D eigenvalue weighted by molar-refractivity contribution is -0.139. The van der Waals surface area contributed by atoms with E-state index in [1.54, 1.807) is 31.2 Å². The van der Waals surface area contributed by atoms with Gasteiger partial charge in [0.1, 0.15) is 12.6 Å². The quantitative estimate of drug-likeness (QED) is 0.416. The highest BCUT2D eigenvalue weighted by Crippen LogP contribution is 2.27. The van der Waals surface area contributed by atoms with Crippen LogP contribution in [0.25, 0.3) is 0 Å². The van der Waals surface area contributed by atoms with E-state index in [0.717, 1.165) is 10.6 Å². The lowest BCUT2D eigenvalue weighted by Gasteiger charge is -2.32. The van der Waals surface area contributed by atoms with Gasteiger partial charge in [0.25, 0.3) is 0 Å². The van der Waals surface area contributed by atoms with Crippen molar-refractivity contribution in [1.29, 1.82) is 0 Å². The number of sulfonamides is 1. The lowest BCUT2D eigenvalue weighted by atomic mass is 10.1. The van der Waals surface area contributed by atoms with Crippen molar-refractivity contribution in [3.63, 3.8) is 0 Å². The van der Waals surface area contributed by atoms with E-state index in [-0.39, 0.29) is 24.1 Å². The van der Waals surface area contributed by atoms with Crippen molar-refractivity contribution in [2.24, 2.45) is 0 Å². The number of amides is 2. The molecule has 0 heterocycles. The first kappa shape index (κ1) is 29.6. The third-order valence-electron chi connectivity index (χ3n) is 5.78. The number of ketones is 1. The molecular weight excluding hydrogens is 525 g/mol. The Morgan fingerprint density at radius 2 is 1.61 bits per heavy atom. The molecule has 11 heteroatoms. The summed E-state index contributed by atoms with van der Waals surface area (Å²) >= 11 is 12.7. The molecule has 0 spiro atoms. The third kappa shape index (κ3) is 7.69. The zero-order valence-electron chi connectivity index (χ0n) is 20.9. The Morgan fingerprint density at radius 3 is 2.14 bits per heavy atom. The fourth-order valence-electron chi connectivity index (χ4n) is 3.40. The highest BCUT2D eigenvalue weighted by Gasteiger charge is 2.31. The summed E-state index contributed by atoms with van der Waals surface area (Å²) < 4.78 is 26.3. The molecule has 2 aromatic rings. The van der Waals surface area contributed by atoms with Crippen LogP contribution in [0.3, 0.4) is 0 Å². The average Bonchev–Trinajstić information content (AvgIpc) is 2.81. The topological polar surface area (TPSA) is 104 Å². The molecule has 8 nitrogen and oxygen atoms in total. The van der Waals surface area contributed by atoms with Gasteiger partial charge in [0.05, 0.1) is 11.9 Å². The summed E-state index contributed by atoms with van der Waals surface area (Å²) in [5.41, 5.74) is 0.891. The number of benzene rings is 2. The molecule has 0 aliphatic carbocycles. The summed E-state index contributed by atoms with van der Waals surface area (Å²) in [6.45, 7) is 5.97. The maximum atomic E-state index is 13.6. The molecule has 0 unspecified atom stereocenters. The molecule has 0 radical (unpaired) electrons. The van der Waals surface area contributed by atoms with Crippen LogP contribution in [0.15, 0.2) is 42.5 Å². The van der Waals surface area contributed by atoms with Gasteiger partial charge >= 0.3 is 0 Å². The van der Waals surface area contributed by atoms with Crippen LogP contribution in [-0.4, -0.2) is 55.8 Å². The number of carbonyl (C=O) groups excluding carboxylic acids is 3. The number of halogens is 2. The summed E-state index contributed by atoms with van der Waals surface area (Å²) in [6.07, 6.45) is 1.66. The SMILES string of the molecule is CC[C@@H](C)NC(=O)[C@H](C)N(Cc1c(Cl)cccc1Cl)C(=O)CN(c1cccc(C(C)=O)c1)S(C)(=O)=O. The van der Waals surface area contributed by atoms with Gasteiger partial charge in [-0.2, -0.15) is 0 Å². The Balaban J connectivity index is 2.48. The molecule has 0 aliphatic rings. The number of anilines is 1. The Hall–Kier alpha value is -2.62. The lowest BCUT2D eigenvalue weighted by Crippen LogP contribution is -2.52. The molecule has 0 saturated heterocycles. The summed E-state index contributed by atoms with van der Waals surface area (Å²) in [7, 11) is -3.93. The normalized spacial score (nSPS) is 13.0. The predicted molar refractivity (Wildman–Crippen MR) is 143 cm³/mol. The third-order valence-corrected chi connectivity index (χ3v) is 7.63. The monoisotopic (exact) mass is 555 g/mol. The second kappa shape index (κ2) is 12.6. The van der Waals surface area contributed by atoms with Crippen molar-refractivity contribution >= 4 is 56.5 Å². The summed E-state index contributed by atoms with van der Waals surface area (Å²) in [6, 6.07) is 9.81. The zero-order valence-corrected chi connectivity index (χ0v) is 23.2. The van der Waals surface area contributed by atoms with Gasteiger partial charge in [0.15, 0.2) is 5.78 Å². The minimum Gasteiger partial charge on any atom is -0.352 e. The minimum atomic E-state index is -3.93. The standard InChI is InChI=1S/C25H31Cl2N3O5S/c1-6-16(2)28-25(33)17(3)29(14-21-22(26)11-8-12-23(21)27)24(32)15-30(36(5,34)35)20-10-7-9-19(13-20)18(4)31/h7-13,16-17H,6,14-15H2,1-5H3,(H,28,33)/t16-,17+/m1/s1. The molecule has 2 rings (SSSR count). The predicted octanol–water partition coefficient (Wildman–Crippen LogP) is 4.29. The number of carbonyl (C=O) groups is 3. The largest absolute Gasteiger partial charge is 0.352 e. The van der Waals surface area contributed by atoms with Crippen molar-refractivity contribution < 1.29 is 22.8 Å². The first-order valence-corrected chi connectivity index (χ1v) is 14.0. The Kier molecular flexibility index (Phi) is 10.3. The van der Waals surface area contributed by atoms with Crippen molar-refractivity contribution in [2.75, 3.05) is 17.1 Å². The maximum Gasteiger partial charge on any atom is 0.244 e. The molecule has 2 aromatic carbocycles. The van der Waals surface area contributed by atoms with E-state index in [4.69, 9.17) is 23.2 Å². The highest BCUT2D eigenvalue weighted by atomic mass is 35.5. The van der Waals surface area contributed by atoms with E-state index in [1.165, 1.54) is 30.0 Å². The summed E-state index contributed by atoms with van der Waals surface area (Å²) in [5.74, 6) is -1.29. The second-order valence-electron chi connectivity index (χ2n) is 8.59. The number of nitrogens with zero attached hydrogens (tertiary/aromatic N) is 2. The molecule has 0 aromatic heterocycles. The van der Waals surface area contributed by atoms with Crippen LogP contribution < -0.4 is 9.62 Å². The molecule has 1 N–H and O–H groups in total. The van der Waals surface area contributed by atoms with Gasteiger partial charge in [-0.1, -0.05) is 48.3 Å². The van der Waals surface area contributed by atoms with E-state index in [2.05, 4.69) is 5.32 Å². The van der Waals surface area contributed by atoms with Crippen LogP contribution in [0.5, 0.6) is 0 Å². The summed E-state index contributed by atoms with van der Waals surface area (Å²) in [4.78, 5) is 39.6. The van der Waals surface area contributed by atoms with Gasteiger partial charge in [0.2, 0.25) is 21.8 Å². The van der Waals surface area contributed by atoms with Crippen molar-refractivity contribution in [2.45, 2.75) is 52.7 Å². The van der Waals surface area contributed by atoms with Gasteiger partial charge in [-0.15, -0.1) is 0 Å². The number of nitrogens with one attached hydrogen (secondary N) is 1. The van der Waals surface area contributed by atoms with E-state index < -0.39 is 34.4 Å². The molecule has 0 saturated carbocycles. The van der Waals surface area contributed by atoms with Crippen LogP contribution in [-0.2, 0) is 26.2 Å². The van der Waals surface area contributed by atoms with Gasteiger partial charge in [-0.25, -0.2) is 8.42 Å². The number of hydrogen-bond acceptors (Lipinski definition) is 5. The average molecular weight is 557 g/mol. The zero-order chi connectivity index (χ0) is 27.2. The molecular formula is C25H31Cl2N3O5S. The fourth-order valence-corrected chi connectivity index (χ4v) is 4.75. The van der Waals surface area contributed by atoms with Crippen molar-refractivity contribution in [3.05, 3.63) is 63.6 Å². The molecule has 0 aliphatic heterocycles. The Labute approximate surface area is 222 Å². The van der Waals surface area contributed by atoms with Gasteiger partial charge in [0, 0.05) is 33.8 Å². The van der Waals surface area contributed by atoms with Crippen LogP contribution in [0.4, 0.5) is 5.69 Å². The van der Waals surface area contributed by atoms with Gasteiger partial charge in [-0.3, -0.25) is 18.7 Å².